The van der Waals surface area contributed by atoms with Gasteiger partial charge in [-0.3, -0.25) is 14.5 Å². The number of para-hydroxylation sites is 2. The van der Waals surface area contributed by atoms with E-state index in [9.17, 15) is 9.59 Å². The molecule has 6 heteroatoms. The van der Waals surface area contributed by atoms with Crippen molar-refractivity contribution >= 4 is 34.7 Å². The van der Waals surface area contributed by atoms with Gasteiger partial charge < -0.3 is 5.32 Å². The molecule has 4 nitrogen and oxygen atoms in total. The maximum absolute atomic E-state index is 15.5. The third kappa shape index (κ3) is 4.29. The van der Waals surface area contributed by atoms with Crippen LogP contribution in [0.5, 0.6) is 0 Å². The Kier molecular flexibility index (Phi) is 6.30. The molecule has 2 atom stereocenters. The standard InChI is InChI=1S/C32H24ClFN2O2/c33-23-16-14-21(15-17-23)32(38)36-28-13-7-6-12-26(28)35-27-18-22(20-8-2-1-3-9-20)19-29(37)30(27)31(36)24-10-4-5-11-25(24)34/h1-17,22,31,35H,18-19H2. The van der Waals surface area contributed by atoms with Gasteiger partial charge in [-0.15, -0.1) is 0 Å². The van der Waals surface area contributed by atoms with E-state index in [-0.39, 0.29) is 29.6 Å². The van der Waals surface area contributed by atoms with E-state index in [2.05, 4.69) is 5.32 Å². The first-order chi connectivity index (χ1) is 18.5. The Bertz CT molecular complexity index is 1570. The Morgan fingerprint density at radius 1 is 0.842 bits per heavy atom. The molecule has 0 spiro atoms. The van der Waals surface area contributed by atoms with Gasteiger partial charge in [0.15, 0.2) is 5.78 Å². The topological polar surface area (TPSA) is 49.4 Å². The summed E-state index contributed by atoms with van der Waals surface area (Å²) in [5.74, 6) is -0.962. The highest BCUT2D eigenvalue weighted by molar-refractivity contribution is 6.30. The fraction of sp³-hybridized carbons (Fsp3) is 0.125. The molecule has 2 unspecified atom stereocenters. The van der Waals surface area contributed by atoms with E-state index in [4.69, 9.17) is 11.6 Å². The van der Waals surface area contributed by atoms with Crippen molar-refractivity contribution in [3.63, 3.8) is 0 Å². The molecule has 1 aliphatic heterocycles. The van der Waals surface area contributed by atoms with Crippen LogP contribution in [0.1, 0.15) is 46.3 Å². The summed E-state index contributed by atoms with van der Waals surface area (Å²) in [6, 6.07) is 29.3. The highest BCUT2D eigenvalue weighted by Crippen LogP contribution is 2.48. The zero-order chi connectivity index (χ0) is 26.2. The van der Waals surface area contributed by atoms with Crippen LogP contribution in [-0.4, -0.2) is 11.7 Å². The van der Waals surface area contributed by atoms with Crippen LogP contribution in [0, 0.1) is 5.82 Å². The Morgan fingerprint density at radius 2 is 1.53 bits per heavy atom. The molecule has 0 aromatic heterocycles. The van der Waals surface area contributed by atoms with Crippen molar-refractivity contribution in [2.45, 2.75) is 24.8 Å². The number of amides is 1. The highest BCUT2D eigenvalue weighted by atomic mass is 35.5. The Labute approximate surface area is 225 Å². The zero-order valence-corrected chi connectivity index (χ0v) is 21.2. The molecule has 38 heavy (non-hydrogen) atoms. The molecule has 1 amide bonds. The van der Waals surface area contributed by atoms with Gasteiger partial charge in [-0.2, -0.15) is 0 Å². The smallest absolute Gasteiger partial charge is 0.259 e. The van der Waals surface area contributed by atoms with Gasteiger partial charge in [0.25, 0.3) is 5.91 Å². The third-order valence-electron chi connectivity index (χ3n) is 7.27. The van der Waals surface area contributed by atoms with Gasteiger partial charge in [0, 0.05) is 33.8 Å². The molecule has 1 heterocycles. The third-order valence-corrected chi connectivity index (χ3v) is 7.52. The van der Waals surface area contributed by atoms with Crippen molar-refractivity contribution in [3.8, 4) is 0 Å². The number of Topliss-reactive ketones (excluding diaryl/α,β-unsaturated/α-hetero) is 1. The lowest BCUT2D eigenvalue weighted by molar-refractivity contribution is -0.116. The average Bonchev–Trinajstić information content (AvgIpc) is 3.08. The monoisotopic (exact) mass is 522 g/mol. The van der Waals surface area contributed by atoms with Crippen molar-refractivity contribution < 1.29 is 14.0 Å². The van der Waals surface area contributed by atoms with Crippen LogP contribution >= 0.6 is 11.6 Å². The average molecular weight is 523 g/mol. The van der Waals surface area contributed by atoms with Gasteiger partial charge in [-0.05, 0) is 60.4 Å². The second-order valence-electron chi connectivity index (χ2n) is 9.58. The van der Waals surface area contributed by atoms with E-state index >= 15 is 4.39 Å². The minimum Gasteiger partial charge on any atom is -0.357 e. The number of fused-ring (bicyclic) bond motifs is 1. The number of anilines is 2. The maximum Gasteiger partial charge on any atom is 0.259 e. The summed E-state index contributed by atoms with van der Waals surface area (Å²) in [6.45, 7) is 0. The molecule has 2 aliphatic rings. The lowest BCUT2D eigenvalue weighted by atomic mass is 9.78. The van der Waals surface area contributed by atoms with Crippen LogP contribution in [0.15, 0.2) is 114 Å². The van der Waals surface area contributed by atoms with Gasteiger partial charge in [-0.1, -0.05) is 72.3 Å². The second-order valence-corrected chi connectivity index (χ2v) is 10.0. The first-order valence-corrected chi connectivity index (χ1v) is 12.9. The lowest BCUT2D eigenvalue weighted by Crippen LogP contribution is -2.39. The number of hydrogen-bond acceptors (Lipinski definition) is 3. The molecule has 1 aliphatic carbocycles. The number of benzene rings is 4. The molecular formula is C32H24ClFN2O2. The van der Waals surface area contributed by atoms with Crippen molar-refractivity contribution in [2.75, 3.05) is 10.2 Å². The summed E-state index contributed by atoms with van der Waals surface area (Å²) in [5, 5.41) is 3.98. The van der Waals surface area contributed by atoms with E-state index in [0.29, 0.717) is 39.7 Å². The number of carbonyl (C=O) groups excluding carboxylic acids is 2. The maximum atomic E-state index is 15.5. The number of hydrogen-bond donors (Lipinski definition) is 1. The summed E-state index contributed by atoms with van der Waals surface area (Å²) < 4.78 is 15.5. The summed E-state index contributed by atoms with van der Waals surface area (Å²) in [5.41, 5.74) is 4.11. The first kappa shape index (κ1) is 24.1. The summed E-state index contributed by atoms with van der Waals surface area (Å²) in [6.07, 6.45) is 0.835. The van der Waals surface area contributed by atoms with E-state index in [1.165, 1.54) is 6.07 Å². The molecule has 0 bridgehead atoms. The minimum atomic E-state index is -0.949. The molecule has 0 fully saturated rings. The van der Waals surface area contributed by atoms with E-state index < -0.39 is 11.9 Å². The highest BCUT2D eigenvalue weighted by Gasteiger charge is 2.42. The zero-order valence-electron chi connectivity index (χ0n) is 20.4. The van der Waals surface area contributed by atoms with Gasteiger partial charge in [0.2, 0.25) is 0 Å². The van der Waals surface area contributed by atoms with Crippen LogP contribution in [0.3, 0.4) is 0 Å². The second kappa shape index (κ2) is 9.92. The molecule has 0 saturated carbocycles. The van der Waals surface area contributed by atoms with Gasteiger partial charge in [-0.25, -0.2) is 4.39 Å². The van der Waals surface area contributed by atoms with Crippen LogP contribution in [0.4, 0.5) is 15.8 Å². The van der Waals surface area contributed by atoms with Crippen molar-refractivity contribution in [2.24, 2.45) is 0 Å². The molecule has 1 N–H and O–H groups in total. The quantitative estimate of drug-likeness (QED) is 0.300. The molecule has 0 saturated heterocycles. The fourth-order valence-electron chi connectivity index (χ4n) is 5.50. The molecular weight excluding hydrogens is 499 g/mol. The van der Waals surface area contributed by atoms with E-state index in [1.807, 2.05) is 54.6 Å². The van der Waals surface area contributed by atoms with Gasteiger partial charge in [0.1, 0.15) is 5.82 Å². The molecule has 4 aromatic carbocycles. The Balaban J connectivity index is 1.58. The van der Waals surface area contributed by atoms with Crippen LogP contribution in [-0.2, 0) is 4.79 Å². The normalized spacial score (nSPS) is 18.8. The van der Waals surface area contributed by atoms with Crippen molar-refractivity contribution in [1.29, 1.82) is 0 Å². The number of nitrogens with zero attached hydrogens (tertiary/aromatic N) is 1. The number of halogens is 2. The van der Waals surface area contributed by atoms with Gasteiger partial charge >= 0.3 is 0 Å². The van der Waals surface area contributed by atoms with Gasteiger partial charge in [0.05, 0.1) is 17.4 Å². The lowest BCUT2D eigenvalue weighted by Gasteiger charge is -2.35. The Morgan fingerprint density at radius 3 is 2.29 bits per heavy atom. The number of rotatable bonds is 3. The number of ketones is 1. The van der Waals surface area contributed by atoms with Crippen molar-refractivity contribution in [3.05, 3.63) is 142 Å². The summed E-state index contributed by atoms with van der Waals surface area (Å²) in [7, 11) is 0. The minimum absolute atomic E-state index is 0.0260. The summed E-state index contributed by atoms with van der Waals surface area (Å²) >= 11 is 6.09. The molecule has 6 rings (SSSR count). The summed E-state index contributed by atoms with van der Waals surface area (Å²) in [4.78, 5) is 29.7. The number of carbonyl (C=O) groups is 2. The predicted octanol–water partition coefficient (Wildman–Crippen LogP) is 7.69. The number of allylic oxidation sites excluding steroid dienone is 1. The SMILES string of the molecule is O=C1CC(c2ccccc2)CC2=C1C(c1ccccc1F)N(C(=O)c1ccc(Cl)cc1)c1ccccc1N2. The predicted molar refractivity (Wildman–Crippen MR) is 148 cm³/mol. The molecule has 4 aromatic rings. The van der Waals surface area contributed by atoms with E-state index in [1.54, 1.807) is 47.4 Å². The molecule has 188 valence electrons. The van der Waals surface area contributed by atoms with Crippen molar-refractivity contribution in [1.82, 2.24) is 0 Å². The van der Waals surface area contributed by atoms with Crippen LogP contribution < -0.4 is 10.2 Å². The van der Waals surface area contributed by atoms with Crippen LogP contribution in [0.2, 0.25) is 5.02 Å². The Hall–Kier alpha value is -4.22. The first-order valence-electron chi connectivity index (χ1n) is 12.5. The fourth-order valence-corrected chi connectivity index (χ4v) is 5.62. The molecule has 0 radical (unpaired) electrons. The number of nitrogens with one attached hydrogen (secondary N) is 1. The van der Waals surface area contributed by atoms with Crippen LogP contribution in [0.25, 0.3) is 0 Å². The largest absolute Gasteiger partial charge is 0.357 e. The van der Waals surface area contributed by atoms with E-state index in [0.717, 1.165) is 5.56 Å².